The topological polar surface area (TPSA) is 105 Å². The fourth-order valence-corrected chi connectivity index (χ4v) is 2.61. The van der Waals surface area contributed by atoms with Crippen LogP contribution in [0.15, 0.2) is 59.1 Å². The highest BCUT2D eigenvalue weighted by Crippen LogP contribution is 2.25. The van der Waals surface area contributed by atoms with Crippen molar-refractivity contribution < 1.29 is 32.0 Å². The minimum atomic E-state index is -4.80. The molecule has 0 atom stereocenters. The molecule has 0 aliphatic heterocycles. The van der Waals surface area contributed by atoms with Crippen molar-refractivity contribution in [3.63, 3.8) is 0 Å². The molecule has 0 spiro atoms. The summed E-state index contributed by atoms with van der Waals surface area (Å²) in [7, 11) is 0. The number of amides is 3. The Hall–Kier alpha value is -4.02. The lowest BCUT2D eigenvalue weighted by Crippen LogP contribution is -2.19. The molecule has 174 valence electrons. The molecule has 0 fully saturated rings. The van der Waals surface area contributed by atoms with Gasteiger partial charge in [-0.3, -0.25) is 10.1 Å². The number of nitrogens with one attached hydrogen (secondary N) is 3. The quantitative estimate of drug-likeness (QED) is 0.447. The molecular weight excluding hydrogens is 441 g/mol. The maximum atomic E-state index is 12.3. The van der Waals surface area contributed by atoms with E-state index in [2.05, 4.69) is 25.8 Å². The molecule has 3 N–H and O–H groups in total. The highest BCUT2D eigenvalue weighted by atomic mass is 19.4. The predicted octanol–water partition coefficient (Wildman–Crippen LogP) is 5.77. The Balaban J connectivity index is 1.54. The second kappa shape index (κ2) is 9.23. The van der Waals surface area contributed by atoms with E-state index in [0.717, 1.165) is 12.1 Å². The molecule has 3 amide bonds. The lowest BCUT2D eigenvalue weighted by molar-refractivity contribution is -0.274. The number of benzene rings is 2. The first-order valence-electron chi connectivity index (χ1n) is 9.71. The fraction of sp³-hybridized carbons (Fsp3) is 0.227. The Morgan fingerprint density at radius 2 is 1.45 bits per heavy atom. The summed E-state index contributed by atoms with van der Waals surface area (Å²) in [6.07, 6.45) is -4.80. The normalized spacial score (nSPS) is 11.6. The van der Waals surface area contributed by atoms with Gasteiger partial charge in [-0.2, -0.15) is 0 Å². The van der Waals surface area contributed by atoms with Crippen LogP contribution in [-0.4, -0.2) is 23.5 Å². The van der Waals surface area contributed by atoms with Gasteiger partial charge in [-0.1, -0.05) is 25.9 Å². The summed E-state index contributed by atoms with van der Waals surface area (Å²) in [6, 6.07) is 11.9. The van der Waals surface area contributed by atoms with Crippen LogP contribution in [0.3, 0.4) is 0 Å². The van der Waals surface area contributed by atoms with Gasteiger partial charge in [0, 0.05) is 28.4 Å². The minimum absolute atomic E-state index is 0.147. The molecule has 2 aromatic carbocycles. The molecule has 0 unspecified atom stereocenters. The van der Waals surface area contributed by atoms with Crippen molar-refractivity contribution in [2.24, 2.45) is 0 Å². The molecule has 3 rings (SSSR count). The summed E-state index contributed by atoms with van der Waals surface area (Å²) < 4.78 is 45.6. The molecule has 1 heterocycles. The first-order valence-corrected chi connectivity index (χ1v) is 9.71. The Morgan fingerprint density at radius 3 is 1.97 bits per heavy atom. The smallest absolute Gasteiger partial charge is 0.406 e. The van der Waals surface area contributed by atoms with Gasteiger partial charge in [0.15, 0.2) is 5.82 Å². The van der Waals surface area contributed by atoms with E-state index in [-0.39, 0.29) is 16.8 Å². The summed E-state index contributed by atoms with van der Waals surface area (Å²) in [5.41, 5.74) is 0.780. The molecule has 0 bridgehead atoms. The number of hydrogen-bond donors (Lipinski definition) is 3. The van der Waals surface area contributed by atoms with E-state index in [1.807, 2.05) is 20.8 Å². The number of aromatic nitrogens is 1. The van der Waals surface area contributed by atoms with Gasteiger partial charge in [-0.05, 0) is 48.5 Å². The van der Waals surface area contributed by atoms with E-state index in [1.165, 1.54) is 12.1 Å². The zero-order chi connectivity index (χ0) is 24.2. The Labute approximate surface area is 187 Å². The minimum Gasteiger partial charge on any atom is -0.406 e. The van der Waals surface area contributed by atoms with Gasteiger partial charge in [0.25, 0.3) is 5.91 Å². The van der Waals surface area contributed by atoms with Crippen LogP contribution < -0.4 is 20.7 Å². The van der Waals surface area contributed by atoms with Gasteiger partial charge in [-0.25, -0.2) is 4.79 Å². The van der Waals surface area contributed by atoms with Crippen molar-refractivity contribution in [1.82, 2.24) is 5.16 Å². The Kier molecular flexibility index (Phi) is 6.61. The SMILES string of the molecule is CC(C)(C)c1cc(NC(=O)Nc2ccc(NC(=O)c3ccc(OC(F)(F)F)cc3)cc2)no1. The van der Waals surface area contributed by atoms with Crippen LogP contribution in [-0.2, 0) is 5.41 Å². The van der Waals surface area contributed by atoms with Gasteiger partial charge >= 0.3 is 12.4 Å². The summed E-state index contributed by atoms with van der Waals surface area (Å²) in [5.74, 6) is -0.0472. The average molecular weight is 462 g/mol. The van der Waals surface area contributed by atoms with Crippen molar-refractivity contribution in [2.75, 3.05) is 16.0 Å². The Bertz CT molecular complexity index is 1120. The highest BCUT2D eigenvalue weighted by Gasteiger charge is 2.31. The van der Waals surface area contributed by atoms with Gasteiger partial charge in [0.1, 0.15) is 11.5 Å². The third-order valence-electron chi connectivity index (χ3n) is 4.24. The van der Waals surface area contributed by atoms with Crippen LogP contribution in [0.1, 0.15) is 36.9 Å². The van der Waals surface area contributed by atoms with E-state index in [4.69, 9.17) is 4.52 Å². The summed E-state index contributed by atoms with van der Waals surface area (Å²) in [4.78, 5) is 24.4. The summed E-state index contributed by atoms with van der Waals surface area (Å²) >= 11 is 0. The summed E-state index contributed by atoms with van der Waals surface area (Å²) in [5, 5.41) is 11.6. The molecule has 0 aliphatic rings. The second-order valence-electron chi connectivity index (χ2n) is 8.01. The lowest BCUT2D eigenvalue weighted by Gasteiger charge is -2.12. The maximum absolute atomic E-state index is 12.3. The number of alkyl halides is 3. The third-order valence-corrected chi connectivity index (χ3v) is 4.24. The molecule has 0 saturated carbocycles. The number of halogens is 3. The van der Waals surface area contributed by atoms with Crippen LogP contribution in [0.4, 0.5) is 35.2 Å². The zero-order valence-electron chi connectivity index (χ0n) is 17.9. The van der Waals surface area contributed by atoms with E-state index in [0.29, 0.717) is 17.1 Å². The highest BCUT2D eigenvalue weighted by molar-refractivity contribution is 6.04. The predicted molar refractivity (Wildman–Crippen MR) is 115 cm³/mol. The number of nitrogens with zero attached hydrogens (tertiary/aromatic N) is 1. The van der Waals surface area contributed by atoms with E-state index < -0.39 is 24.1 Å². The van der Waals surface area contributed by atoms with E-state index in [9.17, 15) is 22.8 Å². The molecule has 0 saturated heterocycles. The number of anilines is 3. The van der Waals surface area contributed by atoms with Gasteiger partial charge in [0.2, 0.25) is 0 Å². The van der Waals surface area contributed by atoms with E-state index >= 15 is 0 Å². The first kappa shape index (κ1) is 23.6. The average Bonchev–Trinajstić information content (AvgIpc) is 3.17. The number of hydrogen-bond acceptors (Lipinski definition) is 5. The van der Waals surface area contributed by atoms with E-state index in [1.54, 1.807) is 30.3 Å². The monoisotopic (exact) mass is 462 g/mol. The number of carbonyl (C=O) groups excluding carboxylic acids is 2. The molecule has 1 aromatic heterocycles. The summed E-state index contributed by atoms with van der Waals surface area (Å²) in [6.45, 7) is 5.86. The molecule has 3 aromatic rings. The van der Waals surface area contributed by atoms with Crippen LogP contribution in [0.25, 0.3) is 0 Å². The van der Waals surface area contributed by atoms with Gasteiger partial charge < -0.3 is 19.9 Å². The van der Waals surface area contributed by atoms with Crippen molar-refractivity contribution in [1.29, 1.82) is 0 Å². The van der Waals surface area contributed by atoms with Crippen LogP contribution >= 0.6 is 0 Å². The maximum Gasteiger partial charge on any atom is 0.573 e. The van der Waals surface area contributed by atoms with Crippen LogP contribution in [0.2, 0.25) is 0 Å². The molecule has 11 heteroatoms. The van der Waals surface area contributed by atoms with Crippen molar-refractivity contribution in [3.05, 3.63) is 65.9 Å². The molecular formula is C22H21F3N4O4. The van der Waals surface area contributed by atoms with Crippen LogP contribution in [0, 0.1) is 0 Å². The lowest BCUT2D eigenvalue weighted by atomic mass is 9.93. The number of urea groups is 1. The standard InChI is InChI=1S/C22H21F3N4O4/c1-21(2,3)17-12-18(29-33-17)28-20(31)27-15-8-6-14(7-9-15)26-19(30)13-4-10-16(11-5-13)32-22(23,24)25/h4-12H,1-3H3,(H,26,30)(H2,27,28,29,31). The van der Waals surface area contributed by atoms with Crippen molar-refractivity contribution in [2.45, 2.75) is 32.5 Å². The van der Waals surface area contributed by atoms with Gasteiger partial charge in [0.05, 0.1) is 0 Å². The Morgan fingerprint density at radius 1 is 0.879 bits per heavy atom. The fourth-order valence-electron chi connectivity index (χ4n) is 2.61. The molecule has 8 nitrogen and oxygen atoms in total. The molecule has 0 radical (unpaired) electrons. The van der Waals surface area contributed by atoms with Crippen LogP contribution in [0.5, 0.6) is 5.75 Å². The van der Waals surface area contributed by atoms with Gasteiger partial charge in [-0.15, -0.1) is 13.2 Å². The second-order valence-corrected chi connectivity index (χ2v) is 8.01. The number of ether oxygens (including phenoxy) is 1. The number of rotatable bonds is 5. The molecule has 33 heavy (non-hydrogen) atoms. The zero-order valence-corrected chi connectivity index (χ0v) is 17.9. The molecule has 0 aliphatic carbocycles. The first-order chi connectivity index (χ1) is 15.4. The largest absolute Gasteiger partial charge is 0.573 e. The van der Waals surface area contributed by atoms with Crippen molar-refractivity contribution >= 4 is 29.1 Å². The number of carbonyl (C=O) groups is 2. The van der Waals surface area contributed by atoms with Crippen molar-refractivity contribution in [3.8, 4) is 5.75 Å². The third kappa shape index (κ3) is 6.99.